The van der Waals surface area contributed by atoms with Crippen LogP contribution in [0.4, 0.5) is 0 Å². The van der Waals surface area contributed by atoms with Crippen molar-refractivity contribution in [1.82, 2.24) is 9.97 Å². The summed E-state index contributed by atoms with van der Waals surface area (Å²) in [6.45, 7) is 0. The molecule has 18 heavy (non-hydrogen) atoms. The zero-order chi connectivity index (χ0) is 13.0. The van der Waals surface area contributed by atoms with Crippen molar-refractivity contribution in [2.75, 3.05) is 0 Å². The molecule has 0 aliphatic carbocycles. The summed E-state index contributed by atoms with van der Waals surface area (Å²) in [5.41, 5.74) is 5.56. The first-order valence-electron chi connectivity index (χ1n) is 5.02. The van der Waals surface area contributed by atoms with Gasteiger partial charge in [0.2, 0.25) is 0 Å². The summed E-state index contributed by atoms with van der Waals surface area (Å²) in [4.78, 5) is 7.72. The monoisotopic (exact) mass is 262 g/mol. The molecule has 92 valence electrons. The van der Waals surface area contributed by atoms with Crippen LogP contribution in [0.3, 0.4) is 0 Å². The molecule has 0 saturated carbocycles. The van der Waals surface area contributed by atoms with Gasteiger partial charge >= 0.3 is 0 Å². The first-order valence-corrected chi connectivity index (χ1v) is 6.46. The fraction of sp³-hybridized carbons (Fsp3) is 0. The number of rotatable bonds is 3. The zero-order valence-electron chi connectivity index (χ0n) is 9.26. The molecule has 7 heteroatoms. The molecule has 0 unspecified atom stereocenters. The van der Waals surface area contributed by atoms with E-state index in [0.29, 0.717) is 0 Å². The Labute approximate surface area is 104 Å². The maximum Gasteiger partial charge on any atom is 0.284 e. The third-order valence-electron chi connectivity index (χ3n) is 2.05. The van der Waals surface area contributed by atoms with Gasteiger partial charge in [0.15, 0.2) is 11.7 Å². The Bertz CT molecular complexity index is 654. The third kappa shape index (κ3) is 2.69. The van der Waals surface area contributed by atoms with Crippen molar-refractivity contribution in [3.8, 4) is 0 Å². The highest BCUT2D eigenvalue weighted by Gasteiger charge is 2.14. The lowest BCUT2D eigenvalue weighted by molar-refractivity contribution is 0.598. The van der Waals surface area contributed by atoms with E-state index in [1.54, 1.807) is 24.3 Å². The van der Waals surface area contributed by atoms with Crippen LogP contribution in [0.5, 0.6) is 0 Å². The van der Waals surface area contributed by atoms with Crippen LogP contribution in [0, 0.1) is 0 Å². The van der Waals surface area contributed by atoms with Crippen molar-refractivity contribution in [2.45, 2.75) is 4.90 Å². The van der Waals surface area contributed by atoms with Gasteiger partial charge in [-0.15, -0.1) is 4.40 Å². The predicted molar refractivity (Wildman–Crippen MR) is 66.4 cm³/mol. The number of sulfonamides is 1. The fourth-order valence-electron chi connectivity index (χ4n) is 1.25. The molecule has 0 radical (unpaired) electrons. The van der Waals surface area contributed by atoms with Crippen molar-refractivity contribution in [3.05, 3.63) is 54.6 Å². The molecule has 0 bridgehead atoms. The Kier molecular flexibility index (Phi) is 3.33. The van der Waals surface area contributed by atoms with E-state index >= 15 is 0 Å². The third-order valence-corrected chi connectivity index (χ3v) is 3.36. The van der Waals surface area contributed by atoms with E-state index in [0.717, 1.165) is 0 Å². The van der Waals surface area contributed by atoms with E-state index in [4.69, 9.17) is 5.73 Å². The van der Waals surface area contributed by atoms with Crippen LogP contribution < -0.4 is 5.73 Å². The van der Waals surface area contributed by atoms with Crippen LogP contribution >= 0.6 is 0 Å². The summed E-state index contributed by atoms with van der Waals surface area (Å²) in [5.74, 6) is -0.156. The molecule has 0 amide bonds. The molecule has 2 aromatic rings. The first kappa shape index (κ1) is 12.2. The van der Waals surface area contributed by atoms with Crippen molar-refractivity contribution < 1.29 is 8.42 Å². The highest BCUT2D eigenvalue weighted by Crippen LogP contribution is 2.11. The highest BCUT2D eigenvalue weighted by molar-refractivity contribution is 7.90. The number of nitrogens with two attached hydrogens (primary N) is 1. The molecule has 2 N–H and O–H groups in total. The minimum Gasteiger partial charge on any atom is -0.380 e. The molecule has 0 aliphatic heterocycles. The summed E-state index contributed by atoms with van der Waals surface area (Å²) in [5, 5.41) is 0. The minimum atomic E-state index is -3.82. The van der Waals surface area contributed by atoms with Crippen molar-refractivity contribution in [1.29, 1.82) is 0 Å². The van der Waals surface area contributed by atoms with E-state index in [1.807, 2.05) is 0 Å². The molecule has 1 aromatic heterocycles. The standard InChI is InChI=1S/C11H10N4O2S/c12-10(11-13-7-4-8-14-11)15-18(16,17)9-5-2-1-3-6-9/h1-8H,(H2,12,15). The van der Waals surface area contributed by atoms with Gasteiger partial charge in [0, 0.05) is 12.4 Å². The maximum atomic E-state index is 11.9. The molecule has 0 fully saturated rings. The number of hydrogen-bond donors (Lipinski definition) is 1. The largest absolute Gasteiger partial charge is 0.380 e. The number of hydrogen-bond acceptors (Lipinski definition) is 4. The van der Waals surface area contributed by atoms with Crippen LogP contribution in [0.2, 0.25) is 0 Å². The van der Waals surface area contributed by atoms with Gasteiger partial charge in [0.05, 0.1) is 4.90 Å². The molecular formula is C11H10N4O2S. The average Bonchev–Trinajstić information content (AvgIpc) is 2.40. The summed E-state index contributed by atoms with van der Waals surface area (Å²) in [6, 6.07) is 9.42. The van der Waals surface area contributed by atoms with Gasteiger partial charge in [-0.05, 0) is 18.2 Å². The molecule has 2 rings (SSSR count). The van der Waals surface area contributed by atoms with E-state index < -0.39 is 10.0 Å². The molecule has 0 saturated heterocycles. The summed E-state index contributed by atoms with van der Waals surface area (Å²) in [6.07, 6.45) is 2.92. The van der Waals surface area contributed by atoms with Gasteiger partial charge in [-0.2, -0.15) is 8.42 Å². The van der Waals surface area contributed by atoms with Crippen LogP contribution in [-0.2, 0) is 10.0 Å². The lowest BCUT2D eigenvalue weighted by Gasteiger charge is -2.00. The lowest BCUT2D eigenvalue weighted by atomic mass is 10.4. The smallest absolute Gasteiger partial charge is 0.284 e. The molecule has 6 nitrogen and oxygen atoms in total. The Morgan fingerprint density at radius 1 is 1.06 bits per heavy atom. The van der Waals surface area contributed by atoms with Crippen molar-refractivity contribution >= 4 is 15.9 Å². The number of nitrogens with zero attached hydrogens (tertiary/aromatic N) is 3. The second-order valence-corrected chi connectivity index (χ2v) is 4.94. The molecular weight excluding hydrogens is 252 g/mol. The number of aromatic nitrogens is 2. The molecule has 1 aromatic carbocycles. The van der Waals surface area contributed by atoms with Crippen molar-refractivity contribution in [3.63, 3.8) is 0 Å². The van der Waals surface area contributed by atoms with E-state index in [2.05, 4.69) is 14.4 Å². The Morgan fingerprint density at radius 3 is 2.28 bits per heavy atom. The summed E-state index contributed by atoms with van der Waals surface area (Å²) < 4.78 is 27.3. The van der Waals surface area contributed by atoms with Gasteiger partial charge in [-0.3, -0.25) is 0 Å². The summed E-state index contributed by atoms with van der Waals surface area (Å²) >= 11 is 0. The van der Waals surface area contributed by atoms with Gasteiger partial charge in [0.25, 0.3) is 10.0 Å². The van der Waals surface area contributed by atoms with Gasteiger partial charge < -0.3 is 5.73 Å². The second-order valence-electron chi connectivity index (χ2n) is 3.34. The molecule has 1 heterocycles. The SMILES string of the molecule is NC(=NS(=O)(=O)c1ccccc1)c1ncccn1. The number of benzene rings is 1. The number of amidine groups is 1. The topological polar surface area (TPSA) is 98.3 Å². The van der Waals surface area contributed by atoms with Gasteiger partial charge in [-0.25, -0.2) is 9.97 Å². The van der Waals surface area contributed by atoms with E-state index in [1.165, 1.54) is 24.5 Å². The zero-order valence-corrected chi connectivity index (χ0v) is 10.1. The second kappa shape index (κ2) is 4.92. The van der Waals surface area contributed by atoms with Crippen LogP contribution in [0.1, 0.15) is 5.82 Å². The van der Waals surface area contributed by atoms with Crippen molar-refractivity contribution in [2.24, 2.45) is 10.1 Å². The molecule has 0 atom stereocenters. The Balaban J connectivity index is 2.39. The first-order chi connectivity index (χ1) is 8.59. The van der Waals surface area contributed by atoms with Crippen LogP contribution in [-0.4, -0.2) is 24.2 Å². The van der Waals surface area contributed by atoms with Crippen LogP contribution in [0.15, 0.2) is 58.1 Å². The normalized spacial score (nSPS) is 12.3. The van der Waals surface area contributed by atoms with Crippen LogP contribution in [0.25, 0.3) is 0 Å². The summed E-state index contributed by atoms with van der Waals surface area (Å²) in [7, 11) is -3.82. The Hall–Kier alpha value is -2.28. The van der Waals surface area contributed by atoms with Gasteiger partial charge in [-0.1, -0.05) is 18.2 Å². The van der Waals surface area contributed by atoms with E-state index in [9.17, 15) is 8.42 Å². The highest BCUT2D eigenvalue weighted by atomic mass is 32.2. The quantitative estimate of drug-likeness (QED) is 0.644. The maximum absolute atomic E-state index is 11.9. The molecule has 0 spiro atoms. The molecule has 0 aliphatic rings. The minimum absolute atomic E-state index is 0.0730. The fourth-order valence-corrected chi connectivity index (χ4v) is 2.19. The Morgan fingerprint density at radius 2 is 1.67 bits per heavy atom. The predicted octanol–water partition coefficient (Wildman–Crippen LogP) is 0.571. The van der Waals surface area contributed by atoms with Gasteiger partial charge in [0.1, 0.15) is 0 Å². The lowest BCUT2D eigenvalue weighted by Crippen LogP contribution is -2.19. The van der Waals surface area contributed by atoms with E-state index in [-0.39, 0.29) is 16.6 Å². The average molecular weight is 262 g/mol.